The molecular formula is C42H39N5O6S. The van der Waals surface area contributed by atoms with Gasteiger partial charge < -0.3 is 14.2 Å². The second kappa shape index (κ2) is 15.4. The summed E-state index contributed by atoms with van der Waals surface area (Å²) < 4.78 is 17.6. The molecule has 2 aromatic heterocycles. The predicted octanol–water partition coefficient (Wildman–Crippen LogP) is 9.72. The maximum atomic E-state index is 13.6. The van der Waals surface area contributed by atoms with Crippen LogP contribution in [0.2, 0.25) is 0 Å². The minimum absolute atomic E-state index is 0.164. The number of carbonyl (C=O) groups is 3. The molecule has 0 saturated carbocycles. The number of ether oxygens (including phenoxy) is 3. The third-order valence-corrected chi connectivity index (χ3v) is 9.60. The topological polar surface area (TPSA) is 132 Å². The molecule has 0 radical (unpaired) electrons. The predicted molar refractivity (Wildman–Crippen MR) is 211 cm³/mol. The lowest BCUT2D eigenvalue weighted by Gasteiger charge is -2.29. The summed E-state index contributed by atoms with van der Waals surface area (Å²) in [6.45, 7) is 6.20. The van der Waals surface area contributed by atoms with Gasteiger partial charge in [-0.1, -0.05) is 59.9 Å². The number of nitrogens with one attached hydrogen (secondary N) is 2. The fraction of sp³-hybridized carbons (Fsp3) is 0.214. The Hall–Kier alpha value is -6.27. The van der Waals surface area contributed by atoms with Crippen molar-refractivity contribution in [2.45, 2.75) is 45.8 Å². The van der Waals surface area contributed by atoms with Gasteiger partial charge in [-0.2, -0.15) is 0 Å². The molecule has 4 aromatic carbocycles. The zero-order valence-electron chi connectivity index (χ0n) is 30.3. The van der Waals surface area contributed by atoms with E-state index in [1.165, 1.54) is 18.4 Å². The Bertz CT molecular complexity index is 2330. The van der Waals surface area contributed by atoms with Gasteiger partial charge in [-0.05, 0) is 98.8 Å². The smallest absolute Gasteiger partial charge is 0.412 e. The SMILES string of the molecule is COC(=O)c1nc(-c2ccc3c(c2)N(C(=O)Nc2nc4ccccc4s2)CCC3)ccc1-c1cccc(COc2cccc(NC(=O)OC(C)(C)C)c2)c1. The van der Waals surface area contributed by atoms with Crippen molar-refractivity contribution in [2.24, 2.45) is 0 Å². The van der Waals surface area contributed by atoms with Crippen LogP contribution in [0.4, 0.5) is 26.1 Å². The van der Waals surface area contributed by atoms with Gasteiger partial charge in [0.05, 0.1) is 23.0 Å². The molecule has 12 heteroatoms. The van der Waals surface area contributed by atoms with Crippen molar-refractivity contribution in [1.82, 2.24) is 9.97 Å². The molecule has 54 heavy (non-hydrogen) atoms. The van der Waals surface area contributed by atoms with Crippen LogP contribution in [0, 0.1) is 0 Å². The highest BCUT2D eigenvalue weighted by Crippen LogP contribution is 2.35. The number of thiazole rings is 1. The first kappa shape index (κ1) is 36.1. The molecular weight excluding hydrogens is 703 g/mol. The van der Waals surface area contributed by atoms with Crippen LogP contribution in [0.3, 0.4) is 0 Å². The molecule has 3 heterocycles. The van der Waals surface area contributed by atoms with Crippen molar-refractivity contribution >= 4 is 56.2 Å². The summed E-state index contributed by atoms with van der Waals surface area (Å²) in [5.74, 6) is -0.00863. The second-order valence-corrected chi connectivity index (χ2v) is 14.8. The fourth-order valence-corrected chi connectivity index (χ4v) is 7.07. The van der Waals surface area contributed by atoms with E-state index >= 15 is 0 Å². The van der Waals surface area contributed by atoms with Crippen LogP contribution in [-0.2, 0) is 22.5 Å². The van der Waals surface area contributed by atoms with E-state index in [1.807, 2.05) is 78.9 Å². The Morgan fingerprint density at radius 1 is 0.852 bits per heavy atom. The Kier molecular flexibility index (Phi) is 10.3. The average molecular weight is 742 g/mol. The zero-order valence-corrected chi connectivity index (χ0v) is 31.2. The van der Waals surface area contributed by atoms with Gasteiger partial charge in [0.15, 0.2) is 10.8 Å². The molecule has 0 spiro atoms. The molecule has 1 aliphatic rings. The largest absolute Gasteiger partial charge is 0.489 e. The summed E-state index contributed by atoms with van der Waals surface area (Å²) in [5, 5.41) is 6.26. The lowest BCUT2D eigenvalue weighted by Crippen LogP contribution is -2.38. The molecule has 0 saturated heterocycles. The van der Waals surface area contributed by atoms with E-state index in [-0.39, 0.29) is 18.3 Å². The molecule has 6 aromatic rings. The highest BCUT2D eigenvalue weighted by atomic mass is 32.1. The number of urea groups is 1. The maximum absolute atomic E-state index is 13.6. The van der Waals surface area contributed by atoms with Crippen molar-refractivity contribution in [3.05, 3.63) is 120 Å². The first-order valence-electron chi connectivity index (χ1n) is 17.5. The van der Waals surface area contributed by atoms with E-state index in [0.717, 1.165) is 51.0 Å². The average Bonchev–Trinajstić information content (AvgIpc) is 3.58. The lowest BCUT2D eigenvalue weighted by atomic mass is 9.97. The number of para-hydroxylation sites is 1. The van der Waals surface area contributed by atoms with Crippen molar-refractivity contribution in [3.8, 4) is 28.1 Å². The van der Waals surface area contributed by atoms with Crippen LogP contribution in [0.25, 0.3) is 32.6 Å². The number of fused-ring (bicyclic) bond motifs is 2. The van der Waals surface area contributed by atoms with E-state index in [0.29, 0.717) is 34.4 Å². The van der Waals surface area contributed by atoms with Crippen LogP contribution < -0.4 is 20.3 Å². The van der Waals surface area contributed by atoms with Crippen LogP contribution in [0.5, 0.6) is 5.75 Å². The van der Waals surface area contributed by atoms with Gasteiger partial charge in [0.25, 0.3) is 0 Å². The number of benzene rings is 4. The van der Waals surface area contributed by atoms with Crippen LogP contribution in [-0.4, -0.2) is 47.3 Å². The Morgan fingerprint density at radius 3 is 2.50 bits per heavy atom. The van der Waals surface area contributed by atoms with Gasteiger partial charge in [0.2, 0.25) is 0 Å². The number of pyridine rings is 1. The normalized spacial score (nSPS) is 12.5. The van der Waals surface area contributed by atoms with E-state index in [9.17, 15) is 14.4 Å². The van der Waals surface area contributed by atoms with Gasteiger partial charge >= 0.3 is 18.1 Å². The van der Waals surface area contributed by atoms with Crippen molar-refractivity contribution in [3.63, 3.8) is 0 Å². The van der Waals surface area contributed by atoms with Gasteiger partial charge in [0.1, 0.15) is 18.0 Å². The standard InChI is InChI=1S/C42H39N5O6S/c1-42(2,3)53-41(50)43-30-13-8-14-31(24-30)52-25-26-10-7-11-28(22-26)32-19-20-33(44-37(32)38(48)51-4)29-18-17-27-12-9-21-47(35(27)23-29)40(49)46-39-45-34-15-5-6-16-36(34)54-39/h5-8,10-11,13-20,22-24H,9,12,21,25H2,1-4H3,(H,43,50)(H,45,46,49). The Morgan fingerprint density at radius 2 is 1.69 bits per heavy atom. The van der Waals surface area contributed by atoms with Gasteiger partial charge in [-0.15, -0.1) is 0 Å². The third kappa shape index (κ3) is 8.34. The first-order valence-corrected chi connectivity index (χ1v) is 18.3. The Labute approximate surface area is 316 Å². The number of methoxy groups -OCH3 is 1. The van der Waals surface area contributed by atoms with E-state index in [2.05, 4.69) is 15.6 Å². The summed E-state index contributed by atoms with van der Waals surface area (Å²) >= 11 is 1.44. The van der Waals surface area contributed by atoms with Crippen LogP contribution in [0.1, 0.15) is 48.8 Å². The molecule has 0 unspecified atom stereocenters. The maximum Gasteiger partial charge on any atom is 0.412 e. The van der Waals surface area contributed by atoms with E-state index in [1.54, 1.807) is 49.9 Å². The monoisotopic (exact) mass is 741 g/mol. The van der Waals surface area contributed by atoms with Crippen molar-refractivity contribution in [2.75, 3.05) is 29.2 Å². The molecule has 274 valence electrons. The number of nitrogens with zero attached hydrogens (tertiary/aromatic N) is 3. The molecule has 0 aliphatic carbocycles. The number of rotatable bonds is 8. The van der Waals surface area contributed by atoms with E-state index in [4.69, 9.17) is 19.2 Å². The number of aromatic nitrogens is 2. The first-order chi connectivity index (χ1) is 26.0. The van der Waals surface area contributed by atoms with E-state index < -0.39 is 17.7 Å². The fourth-order valence-electron chi connectivity index (χ4n) is 6.22. The number of hydrogen-bond acceptors (Lipinski definition) is 9. The number of anilines is 3. The third-order valence-electron chi connectivity index (χ3n) is 8.65. The van der Waals surface area contributed by atoms with Crippen LogP contribution in [0.15, 0.2) is 103 Å². The zero-order chi connectivity index (χ0) is 37.8. The molecule has 2 N–H and O–H groups in total. The molecule has 1 aliphatic heterocycles. The molecule has 7 rings (SSSR count). The summed E-state index contributed by atoms with van der Waals surface area (Å²) in [5.41, 5.74) is 6.33. The Balaban J connectivity index is 1.10. The molecule has 0 bridgehead atoms. The molecule has 11 nitrogen and oxygen atoms in total. The van der Waals surface area contributed by atoms with Crippen LogP contribution >= 0.6 is 11.3 Å². The minimum atomic E-state index is -0.617. The van der Waals surface area contributed by atoms with Gasteiger partial charge in [-0.3, -0.25) is 15.5 Å². The summed E-state index contributed by atoms with van der Waals surface area (Å²) in [6, 6.07) is 31.9. The molecule has 0 fully saturated rings. The van der Waals surface area contributed by atoms with Crippen molar-refractivity contribution in [1.29, 1.82) is 0 Å². The quantitative estimate of drug-likeness (QED) is 0.147. The highest BCUT2D eigenvalue weighted by molar-refractivity contribution is 7.22. The summed E-state index contributed by atoms with van der Waals surface area (Å²) in [6.07, 6.45) is 1.13. The summed E-state index contributed by atoms with van der Waals surface area (Å²) in [4.78, 5) is 50.1. The number of amides is 3. The molecule has 0 atom stereocenters. The number of esters is 1. The highest BCUT2D eigenvalue weighted by Gasteiger charge is 2.25. The minimum Gasteiger partial charge on any atom is -0.489 e. The van der Waals surface area contributed by atoms with Crippen molar-refractivity contribution < 1.29 is 28.6 Å². The molecule has 3 amide bonds. The number of hydrogen-bond donors (Lipinski definition) is 2. The summed E-state index contributed by atoms with van der Waals surface area (Å²) in [7, 11) is 1.33. The van der Waals surface area contributed by atoms with Gasteiger partial charge in [0, 0.05) is 35.1 Å². The van der Waals surface area contributed by atoms with Gasteiger partial charge in [-0.25, -0.2) is 24.4 Å². The number of carbonyl (C=O) groups excluding carboxylic acids is 3. The second-order valence-electron chi connectivity index (χ2n) is 13.7. The lowest BCUT2D eigenvalue weighted by molar-refractivity contribution is 0.0593. The number of aryl methyl sites for hydroxylation is 1.